The van der Waals surface area contributed by atoms with E-state index in [1.54, 1.807) is 18.3 Å². The molecule has 0 unspecified atom stereocenters. The molecule has 9 nitrogen and oxygen atoms in total. The van der Waals surface area contributed by atoms with Crippen LogP contribution < -0.4 is 10.6 Å². The quantitative estimate of drug-likeness (QED) is 0.729. The van der Waals surface area contributed by atoms with Crippen LogP contribution in [-0.2, 0) is 17.8 Å². The van der Waals surface area contributed by atoms with Crippen molar-refractivity contribution in [1.82, 2.24) is 30.7 Å². The van der Waals surface area contributed by atoms with Gasteiger partial charge in [-0.25, -0.2) is 0 Å². The number of hydrogen-bond acceptors (Lipinski definition) is 7. The molecule has 144 valence electrons. The predicted molar refractivity (Wildman–Crippen MR) is 96.7 cm³/mol. The number of nitrogens with zero attached hydrogens (tertiary/aromatic N) is 4. The number of likely N-dealkylation sites (tertiary alicyclic amines) is 1. The van der Waals surface area contributed by atoms with Gasteiger partial charge in [-0.3, -0.25) is 19.5 Å². The van der Waals surface area contributed by atoms with Crippen molar-refractivity contribution >= 4 is 11.8 Å². The van der Waals surface area contributed by atoms with Crippen LogP contribution in [0.2, 0.25) is 0 Å². The maximum Gasteiger partial charge on any atom is 0.253 e. The first-order chi connectivity index (χ1) is 13.1. The number of carbonyl (C=O) groups is 2. The third-order valence-corrected chi connectivity index (χ3v) is 4.47. The van der Waals surface area contributed by atoms with Crippen LogP contribution in [0.5, 0.6) is 0 Å². The molecule has 2 aromatic heterocycles. The van der Waals surface area contributed by atoms with Crippen molar-refractivity contribution in [2.75, 3.05) is 13.1 Å². The monoisotopic (exact) mass is 372 g/mol. The van der Waals surface area contributed by atoms with Gasteiger partial charge in [0.15, 0.2) is 5.82 Å². The maximum atomic E-state index is 12.5. The summed E-state index contributed by atoms with van der Waals surface area (Å²) in [6.45, 7) is 5.30. The summed E-state index contributed by atoms with van der Waals surface area (Å²) in [4.78, 5) is 35.1. The Morgan fingerprint density at radius 1 is 1.37 bits per heavy atom. The molecule has 2 atom stereocenters. The van der Waals surface area contributed by atoms with E-state index in [-0.39, 0.29) is 23.9 Å². The first-order valence-electron chi connectivity index (χ1n) is 9.14. The molecule has 2 aromatic rings. The molecule has 1 fully saturated rings. The summed E-state index contributed by atoms with van der Waals surface area (Å²) in [6, 6.07) is 2.92. The van der Waals surface area contributed by atoms with E-state index in [1.165, 1.54) is 6.20 Å². The van der Waals surface area contributed by atoms with Crippen LogP contribution in [0.15, 0.2) is 29.0 Å². The molecule has 2 N–H and O–H groups in total. The van der Waals surface area contributed by atoms with Crippen LogP contribution >= 0.6 is 0 Å². The van der Waals surface area contributed by atoms with Gasteiger partial charge in [-0.15, -0.1) is 0 Å². The number of rotatable bonds is 7. The van der Waals surface area contributed by atoms with E-state index < -0.39 is 0 Å². The lowest BCUT2D eigenvalue weighted by molar-refractivity contribution is -0.125. The van der Waals surface area contributed by atoms with Gasteiger partial charge >= 0.3 is 0 Å². The van der Waals surface area contributed by atoms with Gasteiger partial charge in [0.2, 0.25) is 11.8 Å². The Morgan fingerprint density at radius 2 is 2.22 bits per heavy atom. The Morgan fingerprint density at radius 3 is 2.89 bits per heavy atom. The fourth-order valence-corrected chi connectivity index (χ4v) is 3.19. The van der Waals surface area contributed by atoms with E-state index in [9.17, 15) is 9.59 Å². The van der Waals surface area contributed by atoms with Gasteiger partial charge in [-0.05, 0) is 25.5 Å². The molecular weight excluding hydrogens is 348 g/mol. The number of aromatic nitrogens is 3. The SMILES string of the molecule is CCNC(=O)[C@@H]1C[C@H](NC(=O)c2cccnc2)CN1Cc1noc(CC)n1. The van der Waals surface area contributed by atoms with E-state index in [2.05, 4.69) is 25.8 Å². The number of hydrogen-bond donors (Lipinski definition) is 2. The Bertz CT molecular complexity index is 778. The Kier molecular flexibility index (Phi) is 6.12. The molecule has 0 aromatic carbocycles. The van der Waals surface area contributed by atoms with Crippen LogP contribution in [0.25, 0.3) is 0 Å². The van der Waals surface area contributed by atoms with E-state index in [0.717, 1.165) is 0 Å². The van der Waals surface area contributed by atoms with Gasteiger partial charge in [-0.2, -0.15) is 4.98 Å². The van der Waals surface area contributed by atoms with E-state index >= 15 is 0 Å². The van der Waals surface area contributed by atoms with Gasteiger partial charge in [0.05, 0.1) is 18.2 Å². The molecule has 0 radical (unpaired) electrons. The Labute approximate surface area is 157 Å². The number of amides is 2. The molecule has 9 heteroatoms. The Balaban J connectivity index is 1.68. The minimum absolute atomic E-state index is 0.0603. The third kappa shape index (κ3) is 4.68. The number of nitrogens with one attached hydrogen (secondary N) is 2. The molecule has 1 aliphatic heterocycles. The van der Waals surface area contributed by atoms with Crippen molar-refractivity contribution in [1.29, 1.82) is 0 Å². The van der Waals surface area contributed by atoms with Crippen LogP contribution in [0.3, 0.4) is 0 Å². The number of likely N-dealkylation sites (N-methyl/N-ethyl adjacent to an activating group) is 1. The van der Waals surface area contributed by atoms with Gasteiger partial charge < -0.3 is 15.2 Å². The molecule has 0 aliphatic carbocycles. The second-order valence-corrected chi connectivity index (χ2v) is 6.45. The van der Waals surface area contributed by atoms with Gasteiger partial charge in [0, 0.05) is 37.9 Å². The molecule has 1 aliphatic rings. The van der Waals surface area contributed by atoms with Gasteiger partial charge in [0.25, 0.3) is 5.91 Å². The van der Waals surface area contributed by atoms with E-state index in [4.69, 9.17) is 4.52 Å². The van der Waals surface area contributed by atoms with Crippen molar-refractivity contribution in [3.05, 3.63) is 41.8 Å². The highest BCUT2D eigenvalue weighted by Gasteiger charge is 2.38. The number of pyridine rings is 1. The molecule has 3 heterocycles. The fourth-order valence-electron chi connectivity index (χ4n) is 3.19. The maximum absolute atomic E-state index is 12.5. The molecule has 0 spiro atoms. The fraction of sp³-hybridized carbons (Fsp3) is 0.500. The van der Waals surface area contributed by atoms with Crippen molar-refractivity contribution in [3.63, 3.8) is 0 Å². The van der Waals surface area contributed by atoms with Crippen molar-refractivity contribution < 1.29 is 14.1 Å². The van der Waals surface area contributed by atoms with E-state index in [1.807, 2.05) is 18.7 Å². The molecule has 27 heavy (non-hydrogen) atoms. The normalized spacial score (nSPS) is 19.8. The van der Waals surface area contributed by atoms with Crippen molar-refractivity contribution in [2.24, 2.45) is 0 Å². The number of aryl methyl sites for hydroxylation is 1. The smallest absolute Gasteiger partial charge is 0.253 e. The lowest BCUT2D eigenvalue weighted by Crippen LogP contribution is -2.42. The summed E-state index contributed by atoms with van der Waals surface area (Å²) in [7, 11) is 0. The van der Waals surface area contributed by atoms with E-state index in [0.29, 0.717) is 49.8 Å². The molecular formula is C18H24N6O3. The minimum atomic E-state index is -0.354. The summed E-state index contributed by atoms with van der Waals surface area (Å²) < 4.78 is 5.15. The highest BCUT2D eigenvalue weighted by Crippen LogP contribution is 2.21. The zero-order chi connectivity index (χ0) is 19.2. The summed E-state index contributed by atoms with van der Waals surface area (Å²) in [5, 5.41) is 9.82. The summed E-state index contributed by atoms with van der Waals surface area (Å²) in [5.41, 5.74) is 0.497. The van der Waals surface area contributed by atoms with Crippen molar-refractivity contribution in [3.8, 4) is 0 Å². The summed E-state index contributed by atoms with van der Waals surface area (Å²) >= 11 is 0. The van der Waals surface area contributed by atoms with Crippen LogP contribution in [0.4, 0.5) is 0 Å². The largest absolute Gasteiger partial charge is 0.355 e. The zero-order valence-corrected chi connectivity index (χ0v) is 15.5. The molecule has 0 saturated carbocycles. The predicted octanol–water partition coefficient (Wildman–Crippen LogP) is 0.536. The molecule has 2 amide bonds. The average molecular weight is 372 g/mol. The molecule has 1 saturated heterocycles. The highest BCUT2D eigenvalue weighted by atomic mass is 16.5. The lowest BCUT2D eigenvalue weighted by atomic mass is 10.1. The molecule has 0 bridgehead atoms. The second kappa shape index (κ2) is 8.72. The minimum Gasteiger partial charge on any atom is -0.355 e. The first kappa shape index (κ1) is 19.0. The Hall–Kier alpha value is -2.81. The van der Waals surface area contributed by atoms with Gasteiger partial charge in [-0.1, -0.05) is 12.1 Å². The number of carbonyl (C=O) groups excluding carboxylic acids is 2. The van der Waals surface area contributed by atoms with Crippen LogP contribution in [0, 0.1) is 0 Å². The van der Waals surface area contributed by atoms with Crippen LogP contribution in [0.1, 0.15) is 42.3 Å². The summed E-state index contributed by atoms with van der Waals surface area (Å²) in [6.07, 6.45) is 4.33. The average Bonchev–Trinajstić information content (AvgIpc) is 3.29. The van der Waals surface area contributed by atoms with Crippen molar-refractivity contribution in [2.45, 2.75) is 45.3 Å². The zero-order valence-electron chi connectivity index (χ0n) is 15.5. The topological polar surface area (TPSA) is 113 Å². The van der Waals surface area contributed by atoms with Crippen LogP contribution in [-0.4, -0.2) is 57.0 Å². The lowest BCUT2D eigenvalue weighted by Gasteiger charge is -2.21. The standard InChI is InChI=1S/C18H24N6O3/c1-3-16-22-15(23-27-16)11-24-10-13(8-14(24)18(26)20-4-2)21-17(25)12-6-5-7-19-9-12/h5-7,9,13-14H,3-4,8,10-11H2,1-2H3,(H,20,26)(H,21,25)/t13-,14-/m0/s1. The van der Waals surface area contributed by atoms with Gasteiger partial charge in [0.1, 0.15) is 0 Å². The second-order valence-electron chi connectivity index (χ2n) is 6.45. The summed E-state index contributed by atoms with van der Waals surface area (Å²) in [5.74, 6) is 0.854. The first-order valence-corrected chi connectivity index (χ1v) is 9.14. The third-order valence-electron chi connectivity index (χ3n) is 4.47. The highest BCUT2D eigenvalue weighted by molar-refractivity contribution is 5.94. The molecule has 3 rings (SSSR count).